The summed E-state index contributed by atoms with van der Waals surface area (Å²) in [5.41, 5.74) is 2.31. The molecule has 170 valence electrons. The first-order valence-corrected chi connectivity index (χ1v) is 12.2. The Bertz CT molecular complexity index is 1360. The Balaban J connectivity index is 1.43. The number of rotatable bonds is 7. The van der Waals surface area contributed by atoms with E-state index in [4.69, 9.17) is 19.3 Å². The van der Waals surface area contributed by atoms with Crippen molar-refractivity contribution in [3.05, 3.63) is 66.4 Å². The number of hydrogen-bond acceptors (Lipinski definition) is 8. The summed E-state index contributed by atoms with van der Waals surface area (Å²) in [6.45, 7) is 0.287. The van der Waals surface area contributed by atoms with Gasteiger partial charge >= 0.3 is 0 Å². The van der Waals surface area contributed by atoms with E-state index in [9.17, 15) is 8.42 Å². The van der Waals surface area contributed by atoms with Crippen molar-refractivity contribution in [1.29, 1.82) is 0 Å². The Morgan fingerprint density at radius 3 is 2.55 bits per heavy atom. The van der Waals surface area contributed by atoms with Crippen LogP contribution in [0.1, 0.15) is 18.5 Å². The number of H-pyrrole nitrogens is 1. The number of aliphatic imine (C=N–C) groups is 1. The fourth-order valence-corrected chi connectivity index (χ4v) is 3.81. The van der Waals surface area contributed by atoms with Crippen molar-refractivity contribution in [1.82, 2.24) is 9.97 Å². The Labute approximate surface area is 190 Å². The van der Waals surface area contributed by atoms with E-state index >= 15 is 0 Å². The van der Waals surface area contributed by atoms with Crippen molar-refractivity contribution < 1.29 is 27.7 Å². The minimum absolute atomic E-state index is 0.0171. The van der Waals surface area contributed by atoms with Crippen LogP contribution in [0.4, 0.5) is 0 Å². The molecule has 0 bridgehead atoms. The fourth-order valence-electron chi connectivity index (χ4n) is 3.25. The molecule has 9 nitrogen and oxygen atoms in total. The molecule has 1 aromatic carbocycles. The topological polar surface area (TPSA) is 123 Å². The van der Waals surface area contributed by atoms with E-state index in [1.54, 1.807) is 12.1 Å². The molecule has 1 aliphatic heterocycles. The van der Waals surface area contributed by atoms with Gasteiger partial charge in [0.15, 0.2) is 20.6 Å². The number of pyridine rings is 1. The summed E-state index contributed by atoms with van der Waals surface area (Å²) in [5, 5.41) is 9.08. The lowest BCUT2D eigenvalue weighted by Crippen LogP contribution is -2.01. The zero-order chi connectivity index (χ0) is 23.0. The highest BCUT2D eigenvalue weighted by molar-refractivity contribution is 7.90. The van der Waals surface area contributed by atoms with Crippen LogP contribution in [0.3, 0.4) is 0 Å². The molecule has 2 N–H and O–H groups in total. The molecule has 33 heavy (non-hydrogen) atoms. The molecule has 1 saturated carbocycles. The highest BCUT2D eigenvalue weighted by atomic mass is 32.2. The maximum atomic E-state index is 11.6. The lowest BCUT2D eigenvalue weighted by atomic mass is 10.1. The molecule has 0 saturated heterocycles. The SMILES string of the molecule is CS(=O)(=O)c1ccc(Oc2cc(OC3CC3)cc(-c3ccc(C4=NC/C(=C\O)O4)[nH]3)c2)cn1. The second-order valence-corrected chi connectivity index (χ2v) is 9.78. The molecular weight excluding hydrogens is 446 g/mol. The number of nitrogens with one attached hydrogen (secondary N) is 1. The Hall–Kier alpha value is -3.79. The molecule has 1 aliphatic carbocycles. The molecule has 2 aromatic heterocycles. The van der Waals surface area contributed by atoms with E-state index in [1.165, 1.54) is 12.3 Å². The number of sulfone groups is 1. The average Bonchev–Trinajstić information content (AvgIpc) is 3.26. The van der Waals surface area contributed by atoms with E-state index in [1.807, 2.05) is 24.3 Å². The molecule has 10 heteroatoms. The van der Waals surface area contributed by atoms with Gasteiger partial charge in [0.2, 0.25) is 5.90 Å². The molecule has 3 heterocycles. The van der Waals surface area contributed by atoms with E-state index in [0.717, 1.165) is 36.6 Å². The average molecular weight is 468 g/mol. The van der Waals surface area contributed by atoms with Crippen LogP contribution in [0.25, 0.3) is 11.3 Å². The van der Waals surface area contributed by atoms with E-state index in [2.05, 4.69) is 15.0 Å². The lowest BCUT2D eigenvalue weighted by Gasteiger charge is -2.12. The number of benzene rings is 1. The summed E-state index contributed by atoms with van der Waals surface area (Å²) in [5.74, 6) is 2.38. The predicted octanol–water partition coefficient (Wildman–Crippen LogP) is 3.99. The maximum Gasteiger partial charge on any atom is 0.238 e. The lowest BCUT2D eigenvalue weighted by molar-refractivity contribution is 0.302. The van der Waals surface area contributed by atoms with E-state index in [0.29, 0.717) is 34.6 Å². The van der Waals surface area contributed by atoms with Crippen LogP contribution in [0.5, 0.6) is 17.2 Å². The number of nitrogens with zero attached hydrogens (tertiary/aromatic N) is 2. The molecule has 0 unspecified atom stereocenters. The molecule has 0 amide bonds. The van der Waals surface area contributed by atoms with E-state index in [-0.39, 0.29) is 17.7 Å². The standard InChI is InChI=1S/C23H21N3O6S/c1-33(28,29)22-7-4-16(11-24-22)31-18-9-14(8-17(10-18)30-15-2-3-15)20-5-6-21(26-20)23-25-12-19(13-27)32-23/h4-11,13,15,26-27H,2-3,12H2,1H3/b19-13+. The Kier molecular flexibility index (Phi) is 5.29. The summed E-state index contributed by atoms with van der Waals surface area (Å²) in [4.78, 5) is 11.5. The van der Waals surface area contributed by atoms with Gasteiger partial charge < -0.3 is 24.3 Å². The highest BCUT2D eigenvalue weighted by Gasteiger charge is 2.24. The maximum absolute atomic E-state index is 11.6. The first-order valence-electron chi connectivity index (χ1n) is 10.3. The molecular formula is C23H21N3O6S. The molecule has 5 rings (SSSR count). The van der Waals surface area contributed by atoms with Crippen molar-refractivity contribution >= 4 is 15.7 Å². The van der Waals surface area contributed by atoms with Gasteiger partial charge in [0, 0.05) is 23.6 Å². The van der Waals surface area contributed by atoms with Gasteiger partial charge in [0.1, 0.15) is 35.7 Å². The number of hydrogen-bond donors (Lipinski definition) is 2. The largest absolute Gasteiger partial charge is 0.512 e. The van der Waals surface area contributed by atoms with Crippen molar-refractivity contribution in [2.75, 3.05) is 12.8 Å². The van der Waals surface area contributed by atoms with Crippen LogP contribution >= 0.6 is 0 Å². The van der Waals surface area contributed by atoms with Crippen LogP contribution in [0, 0.1) is 0 Å². The summed E-state index contributed by atoms with van der Waals surface area (Å²) < 4.78 is 40.7. The van der Waals surface area contributed by atoms with Crippen LogP contribution < -0.4 is 9.47 Å². The summed E-state index contributed by atoms with van der Waals surface area (Å²) in [6.07, 6.45) is 5.62. The Morgan fingerprint density at radius 1 is 1.09 bits per heavy atom. The van der Waals surface area contributed by atoms with Gasteiger partial charge in [-0.1, -0.05) is 0 Å². The predicted molar refractivity (Wildman–Crippen MR) is 121 cm³/mol. The third kappa shape index (κ3) is 4.85. The highest BCUT2D eigenvalue weighted by Crippen LogP contribution is 2.35. The summed E-state index contributed by atoms with van der Waals surface area (Å²) in [7, 11) is -3.39. The number of aliphatic hydroxyl groups is 1. The van der Waals surface area contributed by atoms with Crippen molar-refractivity contribution in [2.24, 2.45) is 4.99 Å². The van der Waals surface area contributed by atoms with Crippen LogP contribution in [0.2, 0.25) is 0 Å². The van der Waals surface area contributed by atoms with Crippen molar-refractivity contribution in [3.8, 4) is 28.5 Å². The monoisotopic (exact) mass is 467 g/mol. The zero-order valence-corrected chi connectivity index (χ0v) is 18.5. The Morgan fingerprint density at radius 2 is 1.88 bits per heavy atom. The van der Waals surface area contributed by atoms with E-state index < -0.39 is 9.84 Å². The second-order valence-electron chi connectivity index (χ2n) is 7.82. The minimum atomic E-state index is -3.39. The van der Waals surface area contributed by atoms with Crippen LogP contribution in [-0.2, 0) is 14.6 Å². The first kappa shape index (κ1) is 21.1. The summed E-state index contributed by atoms with van der Waals surface area (Å²) >= 11 is 0. The fraction of sp³-hybridized carbons (Fsp3) is 0.217. The summed E-state index contributed by atoms with van der Waals surface area (Å²) in [6, 6.07) is 12.3. The molecule has 0 atom stereocenters. The third-order valence-corrected chi connectivity index (χ3v) is 6.01. The van der Waals surface area contributed by atoms with Gasteiger partial charge in [-0.15, -0.1) is 0 Å². The smallest absolute Gasteiger partial charge is 0.238 e. The zero-order valence-electron chi connectivity index (χ0n) is 17.7. The number of ether oxygens (including phenoxy) is 3. The quantitative estimate of drug-likeness (QED) is 0.504. The van der Waals surface area contributed by atoms with Gasteiger partial charge in [-0.3, -0.25) is 0 Å². The van der Waals surface area contributed by atoms with Crippen LogP contribution in [-0.4, -0.2) is 48.3 Å². The molecule has 0 spiro atoms. The number of aromatic nitrogens is 2. The first-order chi connectivity index (χ1) is 15.9. The van der Waals surface area contributed by atoms with Gasteiger partial charge in [-0.2, -0.15) is 0 Å². The second kappa shape index (κ2) is 8.28. The van der Waals surface area contributed by atoms with Crippen molar-refractivity contribution in [3.63, 3.8) is 0 Å². The molecule has 3 aromatic rings. The van der Waals surface area contributed by atoms with Gasteiger partial charge in [0.05, 0.1) is 12.3 Å². The molecule has 0 radical (unpaired) electrons. The third-order valence-electron chi connectivity index (χ3n) is 5.01. The van der Waals surface area contributed by atoms with Crippen molar-refractivity contribution in [2.45, 2.75) is 24.0 Å². The number of aromatic amines is 1. The molecule has 1 fully saturated rings. The van der Waals surface area contributed by atoms with Gasteiger partial charge in [-0.25, -0.2) is 18.4 Å². The van der Waals surface area contributed by atoms with Crippen LogP contribution in [0.15, 0.2) is 70.7 Å². The minimum Gasteiger partial charge on any atom is -0.512 e. The molecule has 2 aliphatic rings. The number of aliphatic hydroxyl groups excluding tert-OH is 1. The van der Waals surface area contributed by atoms with Gasteiger partial charge in [-0.05, 0) is 49.2 Å². The van der Waals surface area contributed by atoms with Gasteiger partial charge in [0.25, 0.3) is 0 Å². The normalized spacial score (nSPS) is 17.0.